The second kappa shape index (κ2) is 5.52. The normalized spacial score (nSPS) is 19.8. The molecule has 0 aliphatic carbocycles. The van der Waals surface area contributed by atoms with Crippen LogP contribution in [0.5, 0.6) is 0 Å². The SMILES string of the molecule is CC1=C(C)[N+](C)(C)c2ccc(C(=O)NCCN3CCC3)cc21. The fourth-order valence-electron chi connectivity index (χ4n) is 3.29. The minimum absolute atomic E-state index is 0.0333. The van der Waals surface area contributed by atoms with E-state index in [1.54, 1.807) is 0 Å². The maximum absolute atomic E-state index is 12.3. The van der Waals surface area contributed by atoms with Crippen molar-refractivity contribution in [3.63, 3.8) is 0 Å². The van der Waals surface area contributed by atoms with Crippen LogP contribution >= 0.6 is 0 Å². The van der Waals surface area contributed by atoms with Crippen LogP contribution < -0.4 is 9.80 Å². The summed E-state index contributed by atoms with van der Waals surface area (Å²) in [6.45, 7) is 8.34. The van der Waals surface area contributed by atoms with Crippen molar-refractivity contribution in [3.8, 4) is 0 Å². The third-order valence-corrected chi connectivity index (χ3v) is 5.31. The van der Waals surface area contributed by atoms with Crippen molar-refractivity contribution in [2.24, 2.45) is 0 Å². The Morgan fingerprint density at radius 1 is 1.27 bits per heavy atom. The van der Waals surface area contributed by atoms with Crippen molar-refractivity contribution >= 4 is 17.2 Å². The van der Waals surface area contributed by atoms with Crippen LogP contribution in [0.3, 0.4) is 0 Å². The first-order chi connectivity index (χ1) is 10.4. The fourth-order valence-corrected chi connectivity index (χ4v) is 3.29. The van der Waals surface area contributed by atoms with Gasteiger partial charge in [0.2, 0.25) is 0 Å². The second-order valence-electron chi connectivity index (χ2n) is 6.85. The quantitative estimate of drug-likeness (QED) is 0.866. The van der Waals surface area contributed by atoms with E-state index in [0.29, 0.717) is 0 Å². The molecule has 1 aromatic rings. The molecule has 1 saturated heterocycles. The first kappa shape index (κ1) is 15.3. The Morgan fingerprint density at radius 3 is 2.64 bits per heavy atom. The highest BCUT2D eigenvalue weighted by Gasteiger charge is 2.35. The number of likely N-dealkylation sites (tertiary alicyclic amines) is 1. The maximum Gasteiger partial charge on any atom is 0.251 e. The van der Waals surface area contributed by atoms with Crippen molar-refractivity contribution in [3.05, 3.63) is 35.0 Å². The summed E-state index contributed by atoms with van der Waals surface area (Å²) in [5.74, 6) is 0.0333. The Labute approximate surface area is 133 Å². The van der Waals surface area contributed by atoms with Crippen molar-refractivity contribution < 1.29 is 4.79 Å². The molecule has 4 heteroatoms. The summed E-state index contributed by atoms with van der Waals surface area (Å²) in [5.41, 5.74) is 5.86. The summed E-state index contributed by atoms with van der Waals surface area (Å²) >= 11 is 0. The van der Waals surface area contributed by atoms with Crippen molar-refractivity contribution in [2.45, 2.75) is 20.3 Å². The highest BCUT2D eigenvalue weighted by Crippen LogP contribution is 2.42. The number of rotatable bonds is 4. The number of carbonyl (C=O) groups excluding carboxylic acids is 1. The molecule has 1 amide bonds. The first-order valence-corrected chi connectivity index (χ1v) is 8.09. The molecule has 2 aliphatic rings. The molecule has 118 valence electrons. The third-order valence-electron chi connectivity index (χ3n) is 5.31. The Balaban J connectivity index is 1.72. The lowest BCUT2D eigenvalue weighted by Crippen LogP contribution is -2.42. The van der Waals surface area contributed by atoms with Gasteiger partial charge in [0, 0.05) is 42.8 Å². The number of amides is 1. The minimum Gasteiger partial charge on any atom is -0.351 e. The van der Waals surface area contributed by atoms with E-state index in [2.05, 4.69) is 44.2 Å². The zero-order valence-electron chi connectivity index (χ0n) is 14.1. The summed E-state index contributed by atoms with van der Waals surface area (Å²) in [4.78, 5) is 14.7. The summed E-state index contributed by atoms with van der Waals surface area (Å²) in [7, 11) is 4.38. The summed E-state index contributed by atoms with van der Waals surface area (Å²) in [5, 5.41) is 3.03. The molecule has 22 heavy (non-hydrogen) atoms. The largest absolute Gasteiger partial charge is 0.351 e. The predicted molar refractivity (Wildman–Crippen MR) is 91.7 cm³/mol. The van der Waals surface area contributed by atoms with Crippen LogP contribution in [0.2, 0.25) is 0 Å². The van der Waals surface area contributed by atoms with E-state index in [1.807, 2.05) is 12.1 Å². The van der Waals surface area contributed by atoms with Gasteiger partial charge in [-0.1, -0.05) is 0 Å². The van der Waals surface area contributed by atoms with Gasteiger partial charge in [0.1, 0.15) is 11.4 Å². The first-order valence-electron chi connectivity index (χ1n) is 8.09. The van der Waals surface area contributed by atoms with Gasteiger partial charge in [0.05, 0.1) is 14.1 Å². The van der Waals surface area contributed by atoms with Gasteiger partial charge in [-0.3, -0.25) is 9.28 Å². The lowest BCUT2D eigenvalue weighted by Gasteiger charge is -2.30. The smallest absolute Gasteiger partial charge is 0.251 e. The van der Waals surface area contributed by atoms with E-state index in [9.17, 15) is 4.79 Å². The van der Waals surface area contributed by atoms with Crippen molar-refractivity contribution in [1.82, 2.24) is 14.7 Å². The van der Waals surface area contributed by atoms with Crippen LogP contribution in [-0.4, -0.2) is 51.1 Å². The maximum atomic E-state index is 12.3. The molecule has 2 aliphatic heterocycles. The molecule has 0 unspecified atom stereocenters. The monoisotopic (exact) mass is 300 g/mol. The standard InChI is InChI=1S/C18H25N3O/c1-13-14(2)21(3,4)17-7-6-15(12-16(13)17)18(22)19-8-11-20-9-5-10-20/h6-7,12H,5,8-11H2,1-4H3/p+1. The average Bonchev–Trinajstić information content (AvgIpc) is 2.62. The summed E-state index contributed by atoms with van der Waals surface area (Å²) in [6, 6.07) is 6.09. The molecule has 0 bridgehead atoms. The number of benzene rings is 1. The number of nitrogens with one attached hydrogen (secondary N) is 1. The molecule has 1 N–H and O–H groups in total. The number of allylic oxidation sites excluding steroid dienone is 2. The summed E-state index contributed by atoms with van der Waals surface area (Å²) < 4.78 is 0.776. The van der Waals surface area contributed by atoms with Gasteiger partial charge in [-0.25, -0.2) is 0 Å². The molecule has 0 aromatic heterocycles. The van der Waals surface area contributed by atoms with E-state index < -0.39 is 0 Å². The molecular formula is C18H26N3O+. The molecule has 3 rings (SSSR count). The average molecular weight is 300 g/mol. The topological polar surface area (TPSA) is 32.3 Å². The predicted octanol–water partition coefficient (Wildman–Crippen LogP) is 2.45. The van der Waals surface area contributed by atoms with E-state index in [-0.39, 0.29) is 5.91 Å². The Kier molecular flexibility index (Phi) is 3.83. The van der Waals surface area contributed by atoms with Gasteiger partial charge in [0.25, 0.3) is 5.91 Å². The highest BCUT2D eigenvalue weighted by atomic mass is 16.1. The van der Waals surface area contributed by atoms with Crippen LogP contribution in [0.1, 0.15) is 36.2 Å². The van der Waals surface area contributed by atoms with Gasteiger partial charge in [-0.2, -0.15) is 0 Å². The van der Waals surface area contributed by atoms with Crippen LogP contribution in [0.15, 0.2) is 23.9 Å². The molecule has 0 spiro atoms. The molecular weight excluding hydrogens is 274 g/mol. The zero-order chi connectivity index (χ0) is 15.9. The fraction of sp³-hybridized carbons (Fsp3) is 0.500. The van der Waals surface area contributed by atoms with Crippen molar-refractivity contribution in [1.29, 1.82) is 0 Å². The highest BCUT2D eigenvalue weighted by molar-refractivity contribution is 5.97. The molecule has 0 radical (unpaired) electrons. The summed E-state index contributed by atoms with van der Waals surface area (Å²) in [6.07, 6.45) is 1.29. The molecule has 1 aromatic carbocycles. The Bertz CT molecular complexity index is 642. The van der Waals surface area contributed by atoms with E-state index >= 15 is 0 Å². The van der Waals surface area contributed by atoms with Gasteiger partial charge in [0.15, 0.2) is 0 Å². The number of fused-ring (bicyclic) bond motifs is 1. The molecule has 0 atom stereocenters. The molecule has 4 nitrogen and oxygen atoms in total. The van der Waals surface area contributed by atoms with Crippen molar-refractivity contribution in [2.75, 3.05) is 40.3 Å². The minimum atomic E-state index is 0.0333. The Morgan fingerprint density at radius 2 is 2.00 bits per heavy atom. The molecule has 2 heterocycles. The van der Waals surface area contributed by atoms with Crippen LogP contribution in [0.25, 0.3) is 5.57 Å². The van der Waals surface area contributed by atoms with Crippen LogP contribution in [0, 0.1) is 0 Å². The van der Waals surface area contributed by atoms with Gasteiger partial charge in [-0.15, -0.1) is 0 Å². The number of nitrogens with zero attached hydrogens (tertiary/aromatic N) is 2. The second-order valence-corrected chi connectivity index (χ2v) is 6.85. The number of quaternary nitrogens is 1. The molecule has 0 saturated carbocycles. The lowest BCUT2D eigenvalue weighted by molar-refractivity contribution is 0.0941. The Hall–Kier alpha value is -1.65. The van der Waals surface area contributed by atoms with Gasteiger partial charge >= 0.3 is 0 Å². The third kappa shape index (κ3) is 2.46. The van der Waals surface area contributed by atoms with E-state index in [1.165, 1.54) is 42.0 Å². The van der Waals surface area contributed by atoms with Crippen LogP contribution in [0.4, 0.5) is 5.69 Å². The van der Waals surface area contributed by atoms with Crippen LogP contribution in [-0.2, 0) is 0 Å². The zero-order valence-corrected chi connectivity index (χ0v) is 14.1. The molecule has 1 fully saturated rings. The number of carbonyl (C=O) groups is 1. The van der Waals surface area contributed by atoms with Gasteiger partial charge in [-0.05, 0) is 38.6 Å². The van der Waals surface area contributed by atoms with Gasteiger partial charge < -0.3 is 10.2 Å². The van der Waals surface area contributed by atoms with E-state index in [0.717, 1.165) is 23.1 Å². The lowest BCUT2D eigenvalue weighted by atomic mass is 10.0. The number of hydrogen-bond donors (Lipinski definition) is 1. The van der Waals surface area contributed by atoms with E-state index in [4.69, 9.17) is 0 Å². The number of hydrogen-bond acceptors (Lipinski definition) is 2.